The van der Waals surface area contributed by atoms with Crippen LogP contribution in [0.1, 0.15) is 0 Å². The van der Waals surface area contributed by atoms with Crippen molar-refractivity contribution in [1.29, 1.82) is 0 Å². The maximum Gasteiger partial charge on any atom is 0.258 e. The van der Waals surface area contributed by atoms with Gasteiger partial charge in [0.15, 0.2) is 0 Å². The van der Waals surface area contributed by atoms with E-state index in [1.807, 2.05) is 6.07 Å². The summed E-state index contributed by atoms with van der Waals surface area (Å²) in [4.78, 5) is 23.9. The van der Waals surface area contributed by atoms with Crippen LogP contribution in [0.4, 0.5) is 5.69 Å². The molecular formula is C10H5BrINO2. The van der Waals surface area contributed by atoms with E-state index in [1.54, 1.807) is 12.1 Å². The summed E-state index contributed by atoms with van der Waals surface area (Å²) in [7, 11) is 0. The van der Waals surface area contributed by atoms with Gasteiger partial charge in [-0.3, -0.25) is 9.59 Å². The molecule has 2 amide bonds. The van der Waals surface area contributed by atoms with Crippen LogP contribution in [0.3, 0.4) is 0 Å². The Labute approximate surface area is 108 Å². The molecule has 1 heterocycles. The van der Waals surface area contributed by atoms with Crippen LogP contribution < -0.4 is 4.90 Å². The quantitative estimate of drug-likeness (QED) is 0.557. The van der Waals surface area contributed by atoms with E-state index in [9.17, 15) is 9.59 Å². The summed E-state index contributed by atoms with van der Waals surface area (Å²) in [5.41, 5.74) is 0.600. The highest BCUT2D eigenvalue weighted by atomic mass is 127. The Morgan fingerprint density at radius 1 is 1.13 bits per heavy atom. The molecular weight excluding hydrogens is 373 g/mol. The molecule has 3 nitrogen and oxygen atoms in total. The van der Waals surface area contributed by atoms with Crippen LogP contribution in [-0.4, -0.2) is 11.8 Å². The zero-order valence-corrected chi connectivity index (χ0v) is 11.1. The fourth-order valence-electron chi connectivity index (χ4n) is 1.28. The molecule has 1 aliphatic rings. The van der Waals surface area contributed by atoms with E-state index in [0.29, 0.717) is 5.69 Å². The summed E-state index contributed by atoms with van der Waals surface area (Å²) in [5.74, 6) is -0.587. The Balaban J connectivity index is 2.42. The van der Waals surface area contributed by atoms with Crippen molar-refractivity contribution < 1.29 is 9.59 Å². The van der Waals surface area contributed by atoms with Crippen LogP contribution in [0.2, 0.25) is 0 Å². The molecule has 0 saturated carbocycles. The summed E-state index contributed by atoms with van der Waals surface area (Å²) < 4.78 is 1.90. The molecule has 0 radical (unpaired) electrons. The van der Waals surface area contributed by atoms with Crippen molar-refractivity contribution in [2.45, 2.75) is 0 Å². The van der Waals surface area contributed by atoms with Gasteiger partial charge in [-0.2, -0.15) is 0 Å². The van der Waals surface area contributed by atoms with Crippen molar-refractivity contribution in [3.63, 3.8) is 0 Å². The molecule has 0 aromatic heterocycles. The fourth-order valence-corrected chi connectivity index (χ4v) is 2.02. The molecule has 2 rings (SSSR count). The number of rotatable bonds is 1. The van der Waals surface area contributed by atoms with E-state index in [2.05, 4.69) is 38.5 Å². The maximum absolute atomic E-state index is 11.4. The lowest BCUT2D eigenvalue weighted by atomic mass is 10.3. The van der Waals surface area contributed by atoms with Gasteiger partial charge in [0.25, 0.3) is 11.8 Å². The Kier molecular flexibility index (Phi) is 2.92. The number of carbonyl (C=O) groups is 2. The van der Waals surface area contributed by atoms with Gasteiger partial charge in [0, 0.05) is 20.2 Å². The molecule has 0 aliphatic carbocycles. The molecule has 0 saturated heterocycles. The minimum absolute atomic E-state index is 0.293. The van der Waals surface area contributed by atoms with E-state index < -0.39 is 0 Å². The molecule has 1 aromatic carbocycles. The highest BCUT2D eigenvalue weighted by Gasteiger charge is 2.25. The molecule has 5 heteroatoms. The largest absolute Gasteiger partial charge is 0.269 e. The molecule has 0 atom stereocenters. The third kappa shape index (κ3) is 1.98. The standard InChI is InChI=1S/C10H5BrINO2/c11-7-2-1-6(5-8(7)12)13-9(14)3-4-10(13)15/h1-5H. The lowest BCUT2D eigenvalue weighted by Crippen LogP contribution is -2.29. The van der Waals surface area contributed by atoms with Gasteiger partial charge < -0.3 is 0 Å². The third-order valence-electron chi connectivity index (χ3n) is 1.97. The van der Waals surface area contributed by atoms with Crippen molar-refractivity contribution in [2.24, 2.45) is 0 Å². The smallest absolute Gasteiger partial charge is 0.258 e. The number of hydrogen-bond donors (Lipinski definition) is 0. The number of halogens is 2. The van der Waals surface area contributed by atoms with E-state index in [0.717, 1.165) is 12.9 Å². The SMILES string of the molecule is O=C1C=CC(=O)N1c1ccc(Br)c(I)c1. The molecule has 0 unspecified atom stereocenters. The van der Waals surface area contributed by atoms with Crippen molar-refractivity contribution >= 4 is 56.0 Å². The van der Waals surface area contributed by atoms with Gasteiger partial charge in [-0.15, -0.1) is 0 Å². The number of nitrogens with zero attached hydrogens (tertiary/aromatic N) is 1. The molecule has 0 spiro atoms. The zero-order chi connectivity index (χ0) is 11.0. The second kappa shape index (κ2) is 4.05. The van der Waals surface area contributed by atoms with Crippen molar-refractivity contribution in [1.82, 2.24) is 0 Å². The number of carbonyl (C=O) groups excluding carboxylic acids is 2. The first-order valence-electron chi connectivity index (χ1n) is 4.11. The Hall–Kier alpha value is -0.690. The predicted molar refractivity (Wildman–Crippen MR) is 68.5 cm³/mol. The summed E-state index contributed by atoms with van der Waals surface area (Å²) >= 11 is 5.49. The number of imide groups is 1. The Morgan fingerprint density at radius 3 is 2.27 bits per heavy atom. The number of anilines is 1. The zero-order valence-electron chi connectivity index (χ0n) is 7.41. The lowest BCUT2D eigenvalue weighted by molar-refractivity contribution is -0.119. The van der Waals surface area contributed by atoms with Crippen molar-refractivity contribution in [2.75, 3.05) is 4.90 Å². The van der Waals surface area contributed by atoms with Crippen LogP contribution in [0, 0.1) is 3.57 Å². The van der Waals surface area contributed by atoms with E-state index in [4.69, 9.17) is 0 Å². The Morgan fingerprint density at radius 2 is 1.73 bits per heavy atom. The van der Waals surface area contributed by atoms with E-state index in [1.165, 1.54) is 12.2 Å². The first kappa shape index (κ1) is 10.8. The lowest BCUT2D eigenvalue weighted by Gasteiger charge is -2.14. The maximum atomic E-state index is 11.4. The summed E-state index contributed by atoms with van der Waals surface area (Å²) in [5, 5.41) is 0. The molecule has 1 aromatic rings. The van der Waals surface area contributed by atoms with Crippen molar-refractivity contribution in [3.8, 4) is 0 Å². The summed E-state index contributed by atoms with van der Waals surface area (Å²) in [6.45, 7) is 0. The van der Waals surface area contributed by atoms with Gasteiger partial charge in [-0.1, -0.05) is 0 Å². The first-order valence-corrected chi connectivity index (χ1v) is 5.98. The highest BCUT2D eigenvalue weighted by molar-refractivity contribution is 14.1. The molecule has 0 fully saturated rings. The van der Waals surface area contributed by atoms with Crippen molar-refractivity contribution in [3.05, 3.63) is 38.4 Å². The van der Waals surface area contributed by atoms with Crippen LogP contribution in [-0.2, 0) is 9.59 Å². The Bertz CT molecular complexity index is 466. The average Bonchev–Trinajstić information content (AvgIpc) is 2.52. The number of hydrogen-bond acceptors (Lipinski definition) is 2. The van der Waals surface area contributed by atoms with Gasteiger partial charge in [0.2, 0.25) is 0 Å². The second-order valence-electron chi connectivity index (χ2n) is 2.94. The number of amides is 2. The average molecular weight is 378 g/mol. The second-order valence-corrected chi connectivity index (χ2v) is 4.96. The van der Waals surface area contributed by atoms with Crippen LogP contribution in [0.5, 0.6) is 0 Å². The molecule has 15 heavy (non-hydrogen) atoms. The fraction of sp³-hybridized carbons (Fsp3) is 0. The van der Waals surface area contributed by atoms with Crippen LogP contribution >= 0.6 is 38.5 Å². The predicted octanol–water partition coefficient (Wildman–Crippen LogP) is 2.48. The highest BCUT2D eigenvalue weighted by Crippen LogP contribution is 2.26. The van der Waals surface area contributed by atoms with E-state index >= 15 is 0 Å². The van der Waals surface area contributed by atoms with Gasteiger partial charge >= 0.3 is 0 Å². The van der Waals surface area contributed by atoms with Gasteiger partial charge in [0.1, 0.15) is 0 Å². The molecule has 1 aliphatic heterocycles. The monoisotopic (exact) mass is 377 g/mol. The minimum Gasteiger partial charge on any atom is -0.269 e. The number of benzene rings is 1. The molecule has 0 bridgehead atoms. The summed E-state index contributed by atoms with van der Waals surface area (Å²) in [6, 6.07) is 5.33. The van der Waals surface area contributed by atoms with Crippen LogP contribution in [0.25, 0.3) is 0 Å². The normalized spacial score (nSPS) is 15.2. The van der Waals surface area contributed by atoms with Crippen LogP contribution in [0.15, 0.2) is 34.8 Å². The van der Waals surface area contributed by atoms with Gasteiger partial charge in [0.05, 0.1) is 5.69 Å². The van der Waals surface area contributed by atoms with Gasteiger partial charge in [-0.05, 0) is 56.7 Å². The topological polar surface area (TPSA) is 37.4 Å². The molecule has 0 N–H and O–H groups in total. The molecule has 76 valence electrons. The van der Waals surface area contributed by atoms with Gasteiger partial charge in [-0.25, -0.2) is 4.90 Å². The first-order chi connectivity index (χ1) is 7.09. The third-order valence-corrected chi connectivity index (χ3v) is 4.30. The van der Waals surface area contributed by atoms with E-state index in [-0.39, 0.29) is 11.8 Å². The minimum atomic E-state index is -0.293. The summed E-state index contributed by atoms with van der Waals surface area (Å²) in [6.07, 6.45) is 2.55.